The molecule has 80 valence electrons. The van der Waals surface area contributed by atoms with Gasteiger partial charge in [0, 0.05) is 25.4 Å². The van der Waals surface area contributed by atoms with Gasteiger partial charge in [0.15, 0.2) is 0 Å². The fourth-order valence-electron chi connectivity index (χ4n) is 1.49. The zero-order valence-electron chi connectivity index (χ0n) is 8.21. The molecular formula is C9H17N3O2. The zero-order valence-corrected chi connectivity index (χ0v) is 8.21. The molecule has 0 bridgehead atoms. The fraction of sp³-hybridized carbons (Fsp3) is 0.778. The van der Waals surface area contributed by atoms with E-state index < -0.39 is 0 Å². The van der Waals surface area contributed by atoms with E-state index in [0.29, 0.717) is 12.8 Å². The minimum absolute atomic E-state index is 0.133. The SMILES string of the molecule is NC(=O)CCCNCC1CCC(=O)N1. The van der Waals surface area contributed by atoms with Crippen molar-refractivity contribution in [3.63, 3.8) is 0 Å². The predicted molar refractivity (Wildman–Crippen MR) is 52.5 cm³/mol. The smallest absolute Gasteiger partial charge is 0.220 e. The summed E-state index contributed by atoms with van der Waals surface area (Å²) in [6.45, 7) is 1.56. The lowest BCUT2D eigenvalue weighted by Crippen LogP contribution is -2.36. The first-order chi connectivity index (χ1) is 6.68. The highest BCUT2D eigenvalue weighted by molar-refractivity contribution is 5.78. The van der Waals surface area contributed by atoms with E-state index in [-0.39, 0.29) is 17.9 Å². The molecule has 4 N–H and O–H groups in total. The first-order valence-corrected chi connectivity index (χ1v) is 4.97. The maximum atomic E-state index is 10.8. The molecule has 1 rings (SSSR count). The number of hydrogen-bond donors (Lipinski definition) is 3. The Morgan fingerprint density at radius 1 is 1.64 bits per heavy atom. The minimum Gasteiger partial charge on any atom is -0.370 e. The van der Waals surface area contributed by atoms with Crippen LogP contribution in [0.1, 0.15) is 25.7 Å². The Morgan fingerprint density at radius 2 is 2.43 bits per heavy atom. The van der Waals surface area contributed by atoms with Crippen molar-refractivity contribution < 1.29 is 9.59 Å². The molecule has 1 aliphatic rings. The molecular weight excluding hydrogens is 182 g/mol. The van der Waals surface area contributed by atoms with Crippen molar-refractivity contribution in [2.75, 3.05) is 13.1 Å². The highest BCUT2D eigenvalue weighted by Crippen LogP contribution is 2.04. The van der Waals surface area contributed by atoms with Gasteiger partial charge in [-0.15, -0.1) is 0 Å². The van der Waals surface area contributed by atoms with Crippen molar-refractivity contribution >= 4 is 11.8 Å². The number of rotatable bonds is 6. The molecule has 1 saturated heterocycles. The van der Waals surface area contributed by atoms with Crippen LogP contribution in [0.3, 0.4) is 0 Å². The second-order valence-electron chi connectivity index (χ2n) is 3.58. The quantitative estimate of drug-likeness (QED) is 0.486. The lowest BCUT2D eigenvalue weighted by atomic mass is 10.2. The molecule has 0 spiro atoms. The Morgan fingerprint density at radius 3 is 3.00 bits per heavy atom. The van der Waals surface area contributed by atoms with Crippen LogP contribution in [0.4, 0.5) is 0 Å². The Bertz CT molecular complexity index is 218. The summed E-state index contributed by atoms with van der Waals surface area (Å²) in [5.41, 5.74) is 4.99. The molecule has 14 heavy (non-hydrogen) atoms. The maximum Gasteiger partial charge on any atom is 0.220 e. The number of primary amides is 1. The van der Waals surface area contributed by atoms with Gasteiger partial charge >= 0.3 is 0 Å². The summed E-state index contributed by atoms with van der Waals surface area (Å²) in [6, 6.07) is 0.260. The molecule has 1 fully saturated rings. The topological polar surface area (TPSA) is 84.2 Å². The van der Waals surface area contributed by atoms with Crippen LogP contribution in [0.2, 0.25) is 0 Å². The average molecular weight is 199 g/mol. The van der Waals surface area contributed by atoms with E-state index in [4.69, 9.17) is 5.73 Å². The molecule has 1 unspecified atom stereocenters. The maximum absolute atomic E-state index is 10.8. The van der Waals surface area contributed by atoms with Crippen LogP contribution in [0, 0.1) is 0 Å². The third kappa shape index (κ3) is 4.23. The van der Waals surface area contributed by atoms with Gasteiger partial charge in [0.2, 0.25) is 11.8 Å². The molecule has 1 heterocycles. The number of carbonyl (C=O) groups excluding carboxylic acids is 2. The Kier molecular flexibility index (Phi) is 4.39. The predicted octanol–water partition coefficient (Wildman–Crippen LogP) is -0.880. The molecule has 0 aromatic carbocycles. The number of nitrogens with one attached hydrogen (secondary N) is 2. The molecule has 0 saturated carbocycles. The molecule has 1 aliphatic heterocycles. The van der Waals surface area contributed by atoms with Gasteiger partial charge in [-0.3, -0.25) is 9.59 Å². The zero-order chi connectivity index (χ0) is 10.4. The average Bonchev–Trinajstić information content (AvgIpc) is 2.50. The molecule has 2 amide bonds. The standard InChI is InChI=1S/C9H17N3O2/c10-8(13)2-1-5-11-6-7-3-4-9(14)12-7/h7,11H,1-6H2,(H2,10,13)(H,12,14). The van der Waals surface area contributed by atoms with Crippen LogP contribution in [0.25, 0.3) is 0 Å². The van der Waals surface area contributed by atoms with Gasteiger partial charge in [-0.05, 0) is 19.4 Å². The highest BCUT2D eigenvalue weighted by atomic mass is 16.2. The van der Waals surface area contributed by atoms with E-state index >= 15 is 0 Å². The van der Waals surface area contributed by atoms with Gasteiger partial charge in [0.05, 0.1) is 0 Å². The molecule has 0 aromatic rings. The summed E-state index contributed by atoms with van der Waals surface area (Å²) in [6.07, 6.45) is 2.72. The van der Waals surface area contributed by atoms with Crippen LogP contribution in [0.5, 0.6) is 0 Å². The molecule has 1 atom stereocenters. The van der Waals surface area contributed by atoms with Gasteiger partial charge in [-0.25, -0.2) is 0 Å². The summed E-state index contributed by atoms with van der Waals surface area (Å²) >= 11 is 0. The first-order valence-electron chi connectivity index (χ1n) is 4.97. The van der Waals surface area contributed by atoms with Crippen LogP contribution in [-0.2, 0) is 9.59 Å². The monoisotopic (exact) mass is 199 g/mol. The van der Waals surface area contributed by atoms with Crippen molar-refractivity contribution in [3.05, 3.63) is 0 Å². The van der Waals surface area contributed by atoms with Crippen molar-refractivity contribution in [2.45, 2.75) is 31.7 Å². The Balaban J connectivity index is 1.94. The van der Waals surface area contributed by atoms with Crippen molar-refractivity contribution in [3.8, 4) is 0 Å². The van der Waals surface area contributed by atoms with E-state index in [1.54, 1.807) is 0 Å². The van der Waals surface area contributed by atoms with E-state index in [1.807, 2.05) is 0 Å². The second kappa shape index (κ2) is 5.59. The van der Waals surface area contributed by atoms with Crippen LogP contribution < -0.4 is 16.4 Å². The third-order valence-corrected chi connectivity index (χ3v) is 2.25. The Hall–Kier alpha value is -1.10. The van der Waals surface area contributed by atoms with E-state index in [1.165, 1.54) is 0 Å². The fourth-order valence-corrected chi connectivity index (χ4v) is 1.49. The second-order valence-corrected chi connectivity index (χ2v) is 3.58. The summed E-state index contributed by atoms with van der Waals surface area (Å²) in [7, 11) is 0. The van der Waals surface area contributed by atoms with E-state index in [2.05, 4.69) is 10.6 Å². The van der Waals surface area contributed by atoms with Crippen LogP contribution in [-0.4, -0.2) is 30.9 Å². The molecule has 0 aromatic heterocycles. The van der Waals surface area contributed by atoms with Crippen molar-refractivity contribution in [2.24, 2.45) is 5.73 Å². The molecule has 0 radical (unpaired) electrons. The van der Waals surface area contributed by atoms with Crippen LogP contribution in [0.15, 0.2) is 0 Å². The largest absolute Gasteiger partial charge is 0.370 e. The molecule has 5 nitrogen and oxygen atoms in total. The number of hydrogen-bond acceptors (Lipinski definition) is 3. The summed E-state index contributed by atoms with van der Waals surface area (Å²) < 4.78 is 0. The van der Waals surface area contributed by atoms with E-state index in [9.17, 15) is 9.59 Å². The minimum atomic E-state index is -0.263. The lowest BCUT2D eigenvalue weighted by molar-refractivity contribution is -0.119. The van der Waals surface area contributed by atoms with Gasteiger partial charge in [-0.2, -0.15) is 0 Å². The highest BCUT2D eigenvalue weighted by Gasteiger charge is 2.19. The van der Waals surface area contributed by atoms with E-state index in [0.717, 1.165) is 25.9 Å². The van der Waals surface area contributed by atoms with Crippen molar-refractivity contribution in [1.29, 1.82) is 0 Å². The first kappa shape index (κ1) is 11.0. The Labute approximate surface area is 83.4 Å². The lowest BCUT2D eigenvalue weighted by Gasteiger charge is -2.10. The summed E-state index contributed by atoms with van der Waals surface area (Å²) in [5, 5.41) is 6.04. The normalized spacial score (nSPS) is 20.9. The van der Waals surface area contributed by atoms with Gasteiger partial charge in [-0.1, -0.05) is 0 Å². The molecule has 0 aliphatic carbocycles. The van der Waals surface area contributed by atoms with Gasteiger partial charge < -0.3 is 16.4 Å². The number of nitrogens with two attached hydrogens (primary N) is 1. The summed E-state index contributed by atoms with van der Waals surface area (Å²) in [5.74, 6) is -0.130. The number of carbonyl (C=O) groups is 2. The third-order valence-electron chi connectivity index (χ3n) is 2.25. The van der Waals surface area contributed by atoms with Gasteiger partial charge in [0.1, 0.15) is 0 Å². The molecule has 5 heteroatoms. The summed E-state index contributed by atoms with van der Waals surface area (Å²) in [4.78, 5) is 21.2. The number of amides is 2. The van der Waals surface area contributed by atoms with Gasteiger partial charge in [0.25, 0.3) is 0 Å². The van der Waals surface area contributed by atoms with Crippen molar-refractivity contribution in [1.82, 2.24) is 10.6 Å². The van der Waals surface area contributed by atoms with Crippen LogP contribution >= 0.6 is 0 Å².